The second-order valence-electron chi connectivity index (χ2n) is 7.83. The van der Waals surface area contributed by atoms with Crippen LogP contribution in [-0.4, -0.2) is 17.1 Å². The van der Waals surface area contributed by atoms with Crippen molar-refractivity contribution in [1.29, 1.82) is 0 Å². The summed E-state index contributed by atoms with van der Waals surface area (Å²) in [5.41, 5.74) is 4.11. The first-order valence-electron chi connectivity index (χ1n) is 10.1. The standard InChI is InChI=1S/C26H30N2O/c1-7-10-18(11-8-2)23-24(28-25(27-23)26(4,5)9-3)21-13-12-20-17-22(29-6)15-14-19(20)16-21/h7-8,10-17H,1,9H2,2-6H3,(H,27,28)/b11-8-,18-10+. The molecule has 2 aromatic carbocycles. The van der Waals surface area contributed by atoms with E-state index in [1.165, 1.54) is 0 Å². The van der Waals surface area contributed by atoms with E-state index in [9.17, 15) is 0 Å². The fourth-order valence-corrected chi connectivity index (χ4v) is 3.31. The molecule has 0 saturated heterocycles. The minimum absolute atomic E-state index is 0.0353. The molecule has 0 aliphatic carbocycles. The number of allylic oxidation sites excluding steroid dienone is 5. The van der Waals surface area contributed by atoms with Gasteiger partial charge < -0.3 is 9.72 Å². The third-order valence-corrected chi connectivity index (χ3v) is 5.48. The van der Waals surface area contributed by atoms with E-state index in [1.54, 1.807) is 7.11 Å². The number of H-pyrrole nitrogens is 1. The third kappa shape index (κ3) is 4.19. The zero-order chi connectivity index (χ0) is 21.0. The molecule has 1 heterocycles. The molecule has 1 aromatic heterocycles. The number of nitrogens with one attached hydrogen (secondary N) is 1. The molecule has 1 N–H and O–H groups in total. The van der Waals surface area contributed by atoms with Gasteiger partial charge in [0.05, 0.1) is 18.5 Å². The molecule has 0 spiro atoms. The minimum atomic E-state index is -0.0353. The fourth-order valence-electron chi connectivity index (χ4n) is 3.31. The van der Waals surface area contributed by atoms with Gasteiger partial charge >= 0.3 is 0 Å². The molecular formula is C26H30N2O. The van der Waals surface area contributed by atoms with Gasteiger partial charge in [-0.05, 0) is 47.9 Å². The van der Waals surface area contributed by atoms with Gasteiger partial charge in [0.1, 0.15) is 11.6 Å². The van der Waals surface area contributed by atoms with Gasteiger partial charge in [0.2, 0.25) is 0 Å². The second-order valence-corrected chi connectivity index (χ2v) is 7.83. The highest BCUT2D eigenvalue weighted by Crippen LogP contribution is 2.34. The molecule has 150 valence electrons. The number of aromatic amines is 1. The van der Waals surface area contributed by atoms with E-state index in [0.29, 0.717) is 0 Å². The quantitative estimate of drug-likeness (QED) is 0.441. The van der Waals surface area contributed by atoms with E-state index >= 15 is 0 Å². The Morgan fingerprint density at radius 2 is 1.90 bits per heavy atom. The summed E-state index contributed by atoms with van der Waals surface area (Å²) in [6.07, 6.45) is 8.97. The minimum Gasteiger partial charge on any atom is -0.497 e. The summed E-state index contributed by atoms with van der Waals surface area (Å²) in [5.74, 6) is 1.86. The predicted octanol–water partition coefficient (Wildman–Crippen LogP) is 7.07. The zero-order valence-electron chi connectivity index (χ0n) is 18.0. The lowest BCUT2D eigenvalue weighted by Crippen LogP contribution is -2.17. The van der Waals surface area contributed by atoms with Gasteiger partial charge in [0.25, 0.3) is 0 Å². The van der Waals surface area contributed by atoms with Crippen LogP contribution in [-0.2, 0) is 5.41 Å². The van der Waals surface area contributed by atoms with Crippen molar-refractivity contribution in [3.05, 3.63) is 78.8 Å². The van der Waals surface area contributed by atoms with Gasteiger partial charge in [-0.1, -0.05) is 69.9 Å². The third-order valence-electron chi connectivity index (χ3n) is 5.48. The summed E-state index contributed by atoms with van der Waals surface area (Å²) in [4.78, 5) is 8.67. The number of nitrogens with zero attached hydrogens (tertiary/aromatic N) is 1. The van der Waals surface area contributed by atoms with E-state index in [4.69, 9.17) is 9.72 Å². The van der Waals surface area contributed by atoms with Gasteiger partial charge in [0, 0.05) is 11.0 Å². The van der Waals surface area contributed by atoms with Gasteiger partial charge in [-0.3, -0.25) is 0 Å². The summed E-state index contributed by atoms with van der Waals surface area (Å²) in [6.45, 7) is 12.5. The number of hydrogen-bond acceptors (Lipinski definition) is 2. The predicted molar refractivity (Wildman–Crippen MR) is 124 cm³/mol. The first-order chi connectivity index (χ1) is 13.9. The molecular weight excluding hydrogens is 356 g/mol. The molecule has 0 atom stereocenters. The smallest absolute Gasteiger partial charge is 0.119 e. The number of aromatic nitrogens is 2. The van der Waals surface area contributed by atoms with Crippen LogP contribution in [0.3, 0.4) is 0 Å². The van der Waals surface area contributed by atoms with Crippen LogP contribution < -0.4 is 4.74 Å². The highest BCUT2D eigenvalue weighted by molar-refractivity contribution is 5.90. The van der Waals surface area contributed by atoms with Crippen LogP contribution in [0, 0.1) is 0 Å². The molecule has 0 aliphatic heterocycles. The average molecular weight is 387 g/mol. The average Bonchev–Trinajstić information content (AvgIpc) is 3.19. The Hall–Kier alpha value is -3.07. The summed E-state index contributed by atoms with van der Waals surface area (Å²) in [5, 5.41) is 2.31. The van der Waals surface area contributed by atoms with E-state index in [1.807, 2.05) is 31.2 Å². The van der Waals surface area contributed by atoms with Crippen LogP contribution in [0.4, 0.5) is 0 Å². The first kappa shape index (κ1) is 20.7. The van der Waals surface area contributed by atoms with Crippen LogP contribution in [0.25, 0.3) is 27.6 Å². The maximum atomic E-state index is 5.35. The van der Waals surface area contributed by atoms with E-state index < -0.39 is 0 Å². The van der Waals surface area contributed by atoms with Gasteiger partial charge in [-0.2, -0.15) is 0 Å². The molecule has 0 bridgehead atoms. The molecule has 0 amide bonds. The van der Waals surface area contributed by atoms with E-state index in [0.717, 1.165) is 51.3 Å². The van der Waals surface area contributed by atoms with Crippen molar-refractivity contribution in [1.82, 2.24) is 9.97 Å². The number of rotatable bonds is 7. The van der Waals surface area contributed by atoms with E-state index in [-0.39, 0.29) is 5.41 Å². The first-order valence-corrected chi connectivity index (χ1v) is 10.1. The van der Waals surface area contributed by atoms with Crippen molar-refractivity contribution in [3.8, 4) is 17.0 Å². The lowest BCUT2D eigenvalue weighted by atomic mass is 9.89. The van der Waals surface area contributed by atoms with Gasteiger partial charge in [0.15, 0.2) is 0 Å². The van der Waals surface area contributed by atoms with Crippen LogP contribution in [0.15, 0.2) is 67.3 Å². The van der Waals surface area contributed by atoms with Gasteiger partial charge in [-0.15, -0.1) is 0 Å². The Balaban J connectivity index is 2.22. The van der Waals surface area contributed by atoms with Crippen LogP contribution in [0.5, 0.6) is 5.75 Å². The fraction of sp³-hybridized carbons (Fsp3) is 0.269. The highest BCUT2D eigenvalue weighted by Gasteiger charge is 2.25. The molecule has 3 nitrogen and oxygen atoms in total. The molecule has 0 unspecified atom stereocenters. The van der Waals surface area contributed by atoms with Crippen LogP contribution >= 0.6 is 0 Å². The molecule has 3 rings (SSSR count). The number of methoxy groups -OCH3 is 1. The SMILES string of the molecule is C=C/C=C(\C=C/C)c1[nH]c(C(C)(C)CC)nc1-c1ccc2cc(OC)ccc2c1. The number of fused-ring (bicyclic) bond motifs is 1. The molecule has 0 aliphatic rings. The van der Waals surface area contributed by atoms with Crippen molar-refractivity contribution < 1.29 is 4.74 Å². The number of ether oxygens (including phenoxy) is 1. The lowest BCUT2D eigenvalue weighted by Gasteiger charge is -2.19. The van der Waals surface area contributed by atoms with Crippen molar-refractivity contribution in [2.75, 3.05) is 7.11 Å². The summed E-state index contributed by atoms with van der Waals surface area (Å²) in [7, 11) is 1.69. The monoisotopic (exact) mass is 386 g/mol. The summed E-state index contributed by atoms with van der Waals surface area (Å²) in [6, 6.07) is 12.6. The van der Waals surface area contributed by atoms with Crippen LogP contribution in [0.1, 0.15) is 45.6 Å². The Labute approximate surface area is 173 Å². The van der Waals surface area contributed by atoms with Crippen molar-refractivity contribution in [3.63, 3.8) is 0 Å². The number of benzene rings is 2. The van der Waals surface area contributed by atoms with Crippen molar-refractivity contribution in [2.24, 2.45) is 0 Å². The maximum absolute atomic E-state index is 5.35. The summed E-state index contributed by atoms with van der Waals surface area (Å²) >= 11 is 0. The Kier molecular flexibility index (Phi) is 6.07. The normalized spacial score (nSPS) is 12.7. The molecule has 0 radical (unpaired) electrons. The second kappa shape index (κ2) is 8.52. The Bertz CT molecular complexity index is 1080. The lowest BCUT2D eigenvalue weighted by molar-refractivity contribution is 0.415. The van der Waals surface area contributed by atoms with Crippen LogP contribution in [0.2, 0.25) is 0 Å². The Morgan fingerprint density at radius 3 is 2.55 bits per heavy atom. The van der Waals surface area contributed by atoms with Crippen molar-refractivity contribution >= 4 is 16.3 Å². The maximum Gasteiger partial charge on any atom is 0.119 e. The molecule has 3 heteroatoms. The number of imidazole rings is 1. The highest BCUT2D eigenvalue weighted by atomic mass is 16.5. The molecule has 0 fully saturated rings. The topological polar surface area (TPSA) is 37.9 Å². The zero-order valence-corrected chi connectivity index (χ0v) is 18.0. The van der Waals surface area contributed by atoms with Gasteiger partial charge in [-0.25, -0.2) is 4.98 Å². The van der Waals surface area contributed by atoms with Crippen molar-refractivity contribution in [2.45, 2.75) is 39.5 Å². The molecule has 3 aromatic rings. The largest absolute Gasteiger partial charge is 0.497 e. The summed E-state index contributed by atoms with van der Waals surface area (Å²) < 4.78 is 5.35. The number of hydrogen-bond donors (Lipinski definition) is 1. The van der Waals surface area contributed by atoms with E-state index in [2.05, 4.69) is 68.7 Å². The molecule has 0 saturated carbocycles. The Morgan fingerprint density at radius 1 is 1.17 bits per heavy atom. The molecule has 29 heavy (non-hydrogen) atoms.